The molecule has 0 radical (unpaired) electrons. The lowest BCUT2D eigenvalue weighted by Gasteiger charge is -2.24. The highest BCUT2D eigenvalue weighted by Gasteiger charge is 2.25. The Hall–Kier alpha value is -2.60. The number of para-hydroxylation sites is 1. The van der Waals surface area contributed by atoms with Crippen molar-refractivity contribution in [1.82, 2.24) is 14.9 Å². The number of carbonyl (C=O) groups excluding carboxylic acids is 1. The van der Waals surface area contributed by atoms with Gasteiger partial charge in [-0.3, -0.25) is 4.79 Å². The molecule has 1 aliphatic heterocycles. The number of carbonyl (C=O) groups is 1. The molecule has 6 nitrogen and oxygen atoms in total. The summed E-state index contributed by atoms with van der Waals surface area (Å²) in [5.74, 6) is 1.23. The number of benzene rings is 1. The minimum Gasteiger partial charge on any atom is -0.451 e. The minimum absolute atomic E-state index is 0.0720. The van der Waals surface area contributed by atoms with Gasteiger partial charge in [-0.15, -0.1) is 0 Å². The van der Waals surface area contributed by atoms with Crippen LogP contribution in [0, 0.1) is 0 Å². The third kappa shape index (κ3) is 2.59. The lowest BCUT2D eigenvalue weighted by molar-refractivity contribution is 0.0895. The van der Waals surface area contributed by atoms with E-state index < -0.39 is 0 Å². The number of amides is 1. The van der Waals surface area contributed by atoms with Crippen LogP contribution in [0.15, 0.2) is 41.1 Å². The molecule has 3 heterocycles. The van der Waals surface area contributed by atoms with E-state index in [1.165, 1.54) is 0 Å². The molecule has 4 rings (SSSR count). The van der Waals surface area contributed by atoms with Crippen LogP contribution in [-0.2, 0) is 24.3 Å². The predicted octanol–water partition coefficient (Wildman–Crippen LogP) is 2.52. The summed E-state index contributed by atoms with van der Waals surface area (Å²) < 4.78 is 13.1. The van der Waals surface area contributed by atoms with Crippen molar-refractivity contribution in [2.24, 2.45) is 0 Å². The second-order valence-electron chi connectivity index (χ2n) is 6.04. The number of methoxy groups -OCH3 is 1. The van der Waals surface area contributed by atoms with Crippen LogP contribution in [0.5, 0.6) is 0 Å². The Morgan fingerprint density at radius 3 is 3.21 bits per heavy atom. The van der Waals surface area contributed by atoms with Gasteiger partial charge in [-0.25, -0.2) is 4.98 Å². The summed E-state index contributed by atoms with van der Waals surface area (Å²) in [5, 5.41) is 4.01. The van der Waals surface area contributed by atoms with Gasteiger partial charge in [0.25, 0.3) is 5.91 Å². The number of imidazole rings is 1. The molecule has 1 aliphatic rings. The van der Waals surface area contributed by atoms with Gasteiger partial charge in [-0.2, -0.15) is 0 Å². The molecule has 1 N–H and O–H groups in total. The molecule has 3 aromatic rings. The molecule has 0 aliphatic carbocycles. The maximum Gasteiger partial charge on any atom is 0.287 e. The number of hydrogen-bond donors (Lipinski definition) is 1. The molecule has 1 atom stereocenters. The standard InChI is InChI=1S/C18H19N3O3/c1-23-11-14-13-4-2-3-5-15(13)24-17(14)18(22)20-12-6-7-16-19-8-9-21(16)10-12/h2-5,8-9,12H,6-7,10-11H2,1H3,(H,20,22)/t12-/m1/s1. The van der Waals surface area contributed by atoms with Gasteiger partial charge in [-0.1, -0.05) is 18.2 Å². The molecular formula is C18H19N3O3. The Kier molecular flexibility index (Phi) is 3.82. The van der Waals surface area contributed by atoms with Gasteiger partial charge in [0, 0.05) is 49.5 Å². The van der Waals surface area contributed by atoms with Crippen LogP contribution in [0.25, 0.3) is 11.0 Å². The zero-order valence-corrected chi connectivity index (χ0v) is 13.5. The van der Waals surface area contributed by atoms with Gasteiger partial charge in [0.1, 0.15) is 11.4 Å². The summed E-state index contributed by atoms with van der Waals surface area (Å²) in [6.07, 6.45) is 5.49. The summed E-state index contributed by atoms with van der Waals surface area (Å²) in [6.45, 7) is 1.08. The number of aromatic nitrogens is 2. The van der Waals surface area contributed by atoms with Crippen molar-refractivity contribution in [3.8, 4) is 0 Å². The summed E-state index contributed by atoms with van der Waals surface area (Å²) in [4.78, 5) is 17.1. The average Bonchev–Trinajstić information content (AvgIpc) is 3.20. The normalized spacial score (nSPS) is 17.0. The van der Waals surface area contributed by atoms with E-state index in [0.717, 1.165) is 36.2 Å². The second-order valence-corrected chi connectivity index (χ2v) is 6.04. The fourth-order valence-corrected chi connectivity index (χ4v) is 3.31. The van der Waals surface area contributed by atoms with E-state index in [1.54, 1.807) is 13.3 Å². The highest BCUT2D eigenvalue weighted by atomic mass is 16.5. The van der Waals surface area contributed by atoms with E-state index in [-0.39, 0.29) is 11.9 Å². The number of ether oxygens (including phenoxy) is 1. The molecular weight excluding hydrogens is 306 g/mol. The number of furan rings is 1. The first-order valence-corrected chi connectivity index (χ1v) is 8.06. The number of aryl methyl sites for hydroxylation is 1. The number of fused-ring (bicyclic) bond motifs is 2. The highest BCUT2D eigenvalue weighted by Crippen LogP contribution is 2.27. The summed E-state index contributed by atoms with van der Waals surface area (Å²) >= 11 is 0. The molecule has 0 saturated carbocycles. The first-order chi connectivity index (χ1) is 11.8. The van der Waals surface area contributed by atoms with Crippen LogP contribution in [-0.4, -0.2) is 28.6 Å². The van der Waals surface area contributed by atoms with Crippen molar-refractivity contribution >= 4 is 16.9 Å². The van der Waals surface area contributed by atoms with Crippen molar-refractivity contribution in [2.75, 3.05) is 7.11 Å². The fraction of sp³-hybridized carbons (Fsp3) is 0.333. The first kappa shape index (κ1) is 15.0. The molecule has 6 heteroatoms. The minimum atomic E-state index is -0.188. The fourth-order valence-electron chi connectivity index (χ4n) is 3.31. The molecule has 0 fully saturated rings. The maximum atomic E-state index is 12.7. The molecule has 0 unspecified atom stereocenters. The Bertz CT molecular complexity index is 881. The van der Waals surface area contributed by atoms with Crippen molar-refractivity contribution < 1.29 is 13.9 Å². The zero-order valence-electron chi connectivity index (χ0n) is 13.5. The zero-order chi connectivity index (χ0) is 16.5. The van der Waals surface area contributed by atoms with Crippen LogP contribution >= 0.6 is 0 Å². The summed E-state index contributed by atoms with van der Waals surface area (Å²) in [6, 6.07) is 7.71. The summed E-state index contributed by atoms with van der Waals surface area (Å²) in [7, 11) is 1.62. The van der Waals surface area contributed by atoms with Crippen molar-refractivity contribution in [3.05, 3.63) is 53.8 Å². The Morgan fingerprint density at radius 2 is 2.33 bits per heavy atom. The molecule has 124 valence electrons. The van der Waals surface area contributed by atoms with Crippen LogP contribution < -0.4 is 5.32 Å². The van der Waals surface area contributed by atoms with Gasteiger partial charge >= 0.3 is 0 Å². The molecule has 24 heavy (non-hydrogen) atoms. The molecule has 1 amide bonds. The predicted molar refractivity (Wildman–Crippen MR) is 88.7 cm³/mol. The number of nitrogens with one attached hydrogen (secondary N) is 1. The largest absolute Gasteiger partial charge is 0.451 e. The van der Waals surface area contributed by atoms with Crippen LogP contribution in [0.4, 0.5) is 0 Å². The quantitative estimate of drug-likeness (QED) is 0.800. The van der Waals surface area contributed by atoms with Crippen molar-refractivity contribution in [3.63, 3.8) is 0 Å². The molecule has 0 bridgehead atoms. The van der Waals surface area contributed by atoms with E-state index >= 15 is 0 Å². The Morgan fingerprint density at radius 1 is 1.46 bits per heavy atom. The average molecular weight is 325 g/mol. The molecule has 1 aromatic carbocycles. The van der Waals surface area contributed by atoms with Gasteiger partial charge < -0.3 is 19.0 Å². The summed E-state index contributed by atoms with van der Waals surface area (Å²) in [5.41, 5.74) is 1.50. The second kappa shape index (κ2) is 6.13. The van der Waals surface area contributed by atoms with Gasteiger partial charge in [0.05, 0.1) is 6.61 Å². The molecule has 0 spiro atoms. The first-order valence-electron chi connectivity index (χ1n) is 8.06. The van der Waals surface area contributed by atoms with Crippen LogP contribution in [0.2, 0.25) is 0 Å². The third-order valence-corrected chi connectivity index (χ3v) is 4.46. The van der Waals surface area contributed by atoms with Gasteiger partial charge in [0.2, 0.25) is 0 Å². The number of nitrogens with zero attached hydrogens (tertiary/aromatic N) is 2. The van der Waals surface area contributed by atoms with Crippen LogP contribution in [0.1, 0.15) is 28.4 Å². The third-order valence-electron chi connectivity index (χ3n) is 4.46. The monoisotopic (exact) mass is 325 g/mol. The van der Waals surface area contributed by atoms with Gasteiger partial charge in [0.15, 0.2) is 5.76 Å². The van der Waals surface area contributed by atoms with E-state index in [0.29, 0.717) is 18.0 Å². The Labute approximate surface area is 139 Å². The van der Waals surface area contributed by atoms with Crippen LogP contribution in [0.3, 0.4) is 0 Å². The lowest BCUT2D eigenvalue weighted by Crippen LogP contribution is -2.41. The van der Waals surface area contributed by atoms with E-state index in [1.807, 2.05) is 30.5 Å². The van der Waals surface area contributed by atoms with Crippen molar-refractivity contribution in [2.45, 2.75) is 32.0 Å². The smallest absolute Gasteiger partial charge is 0.287 e. The molecule has 2 aromatic heterocycles. The van der Waals surface area contributed by atoms with E-state index in [9.17, 15) is 4.79 Å². The topological polar surface area (TPSA) is 69.3 Å². The number of hydrogen-bond acceptors (Lipinski definition) is 4. The van der Waals surface area contributed by atoms with E-state index in [4.69, 9.17) is 9.15 Å². The number of rotatable bonds is 4. The van der Waals surface area contributed by atoms with Gasteiger partial charge in [-0.05, 0) is 12.5 Å². The maximum absolute atomic E-state index is 12.7. The van der Waals surface area contributed by atoms with E-state index in [2.05, 4.69) is 14.9 Å². The molecule has 0 saturated heterocycles. The van der Waals surface area contributed by atoms with Crippen molar-refractivity contribution in [1.29, 1.82) is 0 Å². The SMILES string of the molecule is COCc1c(C(=O)N[C@@H]2CCc3nccn3C2)oc2ccccc12. The lowest BCUT2D eigenvalue weighted by atomic mass is 10.1. The highest BCUT2D eigenvalue weighted by molar-refractivity contribution is 5.99. The Balaban J connectivity index is 1.58.